The average Bonchev–Trinajstić information content (AvgIpc) is 2.67. The van der Waals surface area contributed by atoms with Crippen LogP contribution in [0.2, 0.25) is 0 Å². The number of rotatable bonds is 3. The summed E-state index contributed by atoms with van der Waals surface area (Å²) in [5.74, 6) is 0.494. The lowest BCUT2D eigenvalue weighted by Gasteiger charge is -2.01. The fraction of sp³-hybridized carbons (Fsp3) is 0.308. The number of aryl methyl sites for hydroxylation is 1. The zero-order valence-electron chi connectivity index (χ0n) is 10.1. The van der Waals surface area contributed by atoms with Crippen LogP contribution < -0.4 is 4.74 Å². The third-order valence-corrected chi connectivity index (χ3v) is 2.60. The maximum absolute atomic E-state index is 11.7. The minimum atomic E-state index is -0.441. The first-order valence-electron chi connectivity index (χ1n) is 5.42. The molecule has 0 saturated carbocycles. The van der Waals surface area contributed by atoms with Gasteiger partial charge in [0.1, 0.15) is 11.3 Å². The van der Waals surface area contributed by atoms with Gasteiger partial charge >= 0.3 is 5.97 Å². The Morgan fingerprint density at radius 3 is 2.82 bits per heavy atom. The van der Waals surface area contributed by atoms with Gasteiger partial charge < -0.3 is 13.9 Å². The van der Waals surface area contributed by atoms with Gasteiger partial charge in [-0.05, 0) is 26.0 Å². The summed E-state index contributed by atoms with van der Waals surface area (Å²) < 4.78 is 15.7. The maximum Gasteiger partial charge on any atom is 0.374 e. The van der Waals surface area contributed by atoms with E-state index >= 15 is 0 Å². The Morgan fingerprint density at radius 1 is 1.41 bits per heavy atom. The van der Waals surface area contributed by atoms with Gasteiger partial charge in [0.2, 0.25) is 5.76 Å². The number of fused-ring (bicyclic) bond motifs is 1. The lowest BCUT2D eigenvalue weighted by molar-refractivity contribution is 0.0491. The maximum atomic E-state index is 11.7. The summed E-state index contributed by atoms with van der Waals surface area (Å²) >= 11 is 0. The number of hydrogen-bond donors (Lipinski definition) is 0. The van der Waals surface area contributed by atoms with E-state index in [1.54, 1.807) is 20.1 Å². The summed E-state index contributed by atoms with van der Waals surface area (Å²) in [6, 6.07) is 5.45. The van der Waals surface area contributed by atoms with Crippen LogP contribution in [-0.4, -0.2) is 19.7 Å². The molecular weight excluding hydrogens is 220 g/mol. The normalized spacial score (nSPS) is 10.5. The van der Waals surface area contributed by atoms with Gasteiger partial charge in [0.05, 0.1) is 19.1 Å². The van der Waals surface area contributed by atoms with Gasteiger partial charge in [-0.1, -0.05) is 6.07 Å². The van der Waals surface area contributed by atoms with Crippen molar-refractivity contribution >= 4 is 16.9 Å². The number of carbonyl (C=O) groups is 1. The van der Waals surface area contributed by atoms with Gasteiger partial charge in [-0.25, -0.2) is 4.79 Å². The minimum Gasteiger partial charge on any atom is -0.496 e. The summed E-state index contributed by atoms with van der Waals surface area (Å²) in [6.07, 6.45) is 0. The molecule has 0 aliphatic heterocycles. The molecule has 4 nitrogen and oxygen atoms in total. The van der Waals surface area contributed by atoms with Gasteiger partial charge in [0.15, 0.2) is 0 Å². The molecule has 1 aromatic carbocycles. The van der Waals surface area contributed by atoms with E-state index in [4.69, 9.17) is 13.9 Å². The Labute approximate surface area is 99.1 Å². The predicted octanol–water partition coefficient (Wildman–Crippen LogP) is 2.93. The number of furan rings is 1. The minimum absolute atomic E-state index is 0.242. The largest absolute Gasteiger partial charge is 0.496 e. The van der Waals surface area contributed by atoms with Crippen LogP contribution in [-0.2, 0) is 4.74 Å². The highest BCUT2D eigenvalue weighted by molar-refractivity contribution is 5.98. The molecule has 0 radical (unpaired) electrons. The summed E-state index contributed by atoms with van der Waals surface area (Å²) in [6.45, 7) is 3.91. The van der Waals surface area contributed by atoms with Crippen molar-refractivity contribution in [3.63, 3.8) is 0 Å². The van der Waals surface area contributed by atoms with Gasteiger partial charge in [-0.3, -0.25) is 0 Å². The molecule has 0 unspecified atom stereocenters. The molecule has 1 heterocycles. The molecule has 0 N–H and O–H groups in total. The first-order valence-corrected chi connectivity index (χ1v) is 5.42. The summed E-state index contributed by atoms with van der Waals surface area (Å²) in [7, 11) is 1.59. The third kappa shape index (κ3) is 1.86. The van der Waals surface area contributed by atoms with Crippen LogP contribution in [0, 0.1) is 6.92 Å². The molecule has 90 valence electrons. The molecule has 0 aliphatic carbocycles. The van der Waals surface area contributed by atoms with Crippen LogP contribution in [0.1, 0.15) is 23.0 Å². The first-order chi connectivity index (χ1) is 8.19. The highest BCUT2D eigenvalue weighted by Crippen LogP contribution is 2.33. The quantitative estimate of drug-likeness (QED) is 0.766. The van der Waals surface area contributed by atoms with Crippen molar-refractivity contribution in [3.05, 3.63) is 29.5 Å². The summed E-state index contributed by atoms with van der Waals surface area (Å²) in [5.41, 5.74) is 1.38. The summed E-state index contributed by atoms with van der Waals surface area (Å²) in [5, 5.41) is 0.818. The van der Waals surface area contributed by atoms with E-state index < -0.39 is 5.97 Å². The zero-order valence-corrected chi connectivity index (χ0v) is 10.1. The van der Waals surface area contributed by atoms with Crippen molar-refractivity contribution in [1.29, 1.82) is 0 Å². The van der Waals surface area contributed by atoms with Gasteiger partial charge in [-0.2, -0.15) is 0 Å². The highest BCUT2D eigenvalue weighted by atomic mass is 16.5. The highest BCUT2D eigenvalue weighted by Gasteiger charge is 2.20. The Balaban J connectivity index is 2.61. The second-order valence-electron chi connectivity index (χ2n) is 3.61. The Morgan fingerprint density at radius 2 is 2.18 bits per heavy atom. The number of methoxy groups -OCH3 is 1. The van der Waals surface area contributed by atoms with E-state index in [-0.39, 0.29) is 5.76 Å². The molecule has 4 heteroatoms. The Hall–Kier alpha value is -1.97. The van der Waals surface area contributed by atoms with Crippen molar-refractivity contribution in [2.24, 2.45) is 0 Å². The van der Waals surface area contributed by atoms with Crippen LogP contribution >= 0.6 is 0 Å². The molecule has 1 aromatic heterocycles. The van der Waals surface area contributed by atoms with E-state index in [9.17, 15) is 4.79 Å². The van der Waals surface area contributed by atoms with Crippen molar-refractivity contribution < 1.29 is 18.7 Å². The number of carbonyl (C=O) groups excluding carboxylic acids is 1. The molecule has 0 atom stereocenters. The lowest BCUT2D eigenvalue weighted by Crippen LogP contribution is -2.04. The van der Waals surface area contributed by atoms with E-state index in [1.165, 1.54) is 0 Å². The van der Waals surface area contributed by atoms with E-state index in [1.807, 2.05) is 19.1 Å². The number of ether oxygens (including phenoxy) is 2. The standard InChI is InChI=1S/C13H14O4/c1-4-16-13(14)12-8(2)11-9(15-3)6-5-7-10(11)17-12/h5-7H,4H2,1-3H3. The Bertz CT molecular complexity index is 554. The molecule has 2 aromatic rings. The van der Waals surface area contributed by atoms with Crippen LogP contribution in [0.25, 0.3) is 11.0 Å². The molecule has 0 bridgehead atoms. The molecule has 17 heavy (non-hydrogen) atoms. The molecule has 0 spiro atoms. The Kier molecular flexibility index (Phi) is 3.04. The van der Waals surface area contributed by atoms with Gasteiger partial charge in [-0.15, -0.1) is 0 Å². The second kappa shape index (κ2) is 4.49. The smallest absolute Gasteiger partial charge is 0.374 e. The van der Waals surface area contributed by atoms with Crippen molar-refractivity contribution in [3.8, 4) is 5.75 Å². The fourth-order valence-corrected chi connectivity index (χ4v) is 1.83. The van der Waals surface area contributed by atoms with E-state index in [0.717, 1.165) is 10.9 Å². The van der Waals surface area contributed by atoms with Gasteiger partial charge in [0.25, 0.3) is 0 Å². The number of hydrogen-bond acceptors (Lipinski definition) is 4. The van der Waals surface area contributed by atoms with Crippen LogP contribution in [0.3, 0.4) is 0 Å². The second-order valence-corrected chi connectivity index (χ2v) is 3.61. The monoisotopic (exact) mass is 234 g/mol. The number of benzene rings is 1. The van der Waals surface area contributed by atoms with Gasteiger partial charge in [0, 0.05) is 5.56 Å². The van der Waals surface area contributed by atoms with Crippen LogP contribution in [0.15, 0.2) is 22.6 Å². The predicted molar refractivity (Wildman–Crippen MR) is 63.5 cm³/mol. The molecule has 0 amide bonds. The van der Waals surface area contributed by atoms with Crippen molar-refractivity contribution in [2.45, 2.75) is 13.8 Å². The molecule has 0 aliphatic rings. The molecular formula is C13H14O4. The topological polar surface area (TPSA) is 48.7 Å². The van der Waals surface area contributed by atoms with Crippen molar-refractivity contribution in [1.82, 2.24) is 0 Å². The first kappa shape index (κ1) is 11.5. The zero-order chi connectivity index (χ0) is 12.4. The van der Waals surface area contributed by atoms with E-state index in [0.29, 0.717) is 17.9 Å². The average molecular weight is 234 g/mol. The van der Waals surface area contributed by atoms with Crippen LogP contribution in [0.4, 0.5) is 0 Å². The van der Waals surface area contributed by atoms with E-state index in [2.05, 4.69) is 0 Å². The van der Waals surface area contributed by atoms with Crippen LogP contribution in [0.5, 0.6) is 5.75 Å². The number of esters is 1. The fourth-order valence-electron chi connectivity index (χ4n) is 1.83. The summed E-state index contributed by atoms with van der Waals surface area (Å²) in [4.78, 5) is 11.7. The molecule has 2 rings (SSSR count). The molecule has 0 saturated heterocycles. The SMILES string of the molecule is CCOC(=O)c1oc2cccc(OC)c2c1C. The lowest BCUT2D eigenvalue weighted by atomic mass is 10.1. The molecule has 0 fully saturated rings. The third-order valence-electron chi connectivity index (χ3n) is 2.60. The van der Waals surface area contributed by atoms with Crippen molar-refractivity contribution in [2.75, 3.05) is 13.7 Å².